The Morgan fingerprint density at radius 2 is 1.90 bits per heavy atom. The van der Waals surface area contributed by atoms with Gasteiger partial charge in [0.1, 0.15) is 0 Å². The van der Waals surface area contributed by atoms with Gasteiger partial charge in [-0.05, 0) is 31.7 Å². The van der Waals surface area contributed by atoms with Crippen LogP contribution in [0.3, 0.4) is 0 Å². The summed E-state index contributed by atoms with van der Waals surface area (Å²) >= 11 is 0. The number of likely N-dealkylation sites (N-methyl/N-ethyl adjacent to an activating group) is 1. The highest BCUT2D eigenvalue weighted by Crippen LogP contribution is 2.14. The van der Waals surface area contributed by atoms with Gasteiger partial charge in [-0.15, -0.1) is 0 Å². The van der Waals surface area contributed by atoms with Crippen molar-refractivity contribution in [2.45, 2.75) is 24.4 Å². The van der Waals surface area contributed by atoms with Crippen LogP contribution in [0.4, 0.5) is 0 Å². The molecule has 0 spiro atoms. The van der Waals surface area contributed by atoms with E-state index in [2.05, 4.69) is 23.8 Å². The fraction of sp³-hybridized carbons (Fsp3) is 0.600. The van der Waals surface area contributed by atoms with Gasteiger partial charge in [-0.25, -0.2) is 8.42 Å². The Labute approximate surface area is 127 Å². The Balaban J connectivity index is 1.97. The van der Waals surface area contributed by atoms with Crippen molar-refractivity contribution in [2.24, 2.45) is 5.73 Å². The number of hydrogen-bond acceptors (Lipinski definition) is 5. The Kier molecular flexibility index (Phi) is 5.37. The van der Waals surface area contributed by atoms with E-state index < -0.39 is 9.84 Å². The Morgan fingerprint density at radius 3 is 2.48 bits per heavy atom. The Bertz CT molecular complexity index is 557. The summed E-state index contributed by atoms with van der Waals surface area (Å²) in [6.07, 6.45) is 0. The van der Waals surface area contributed by atoms with Crippen LogP contribution in [-0.2, 0) is 16.4 Å². The summed E-state index contributed by atoms with van der Waals surface area (Å²) in [6.45, 7) is 6.09. The smallest absolute Gasteiger partial charge is 0.179 e. The lowest BCUT2D eigenvalue weighted by Crippen LogP contribution is -2.51. The summed E-state index contributed by atoms with van der Waals surface area (Å²) in [7, 11) is -1.12. The molecular weight excluding hydrogens is 286 g/mol. The molecule has 1 aliphatic rings. The molecule has 1 aromatic rings. The summed E-state index contributed by atoms with van der Waals surface area (Å²) in [5, 5.41) is 0. The third-order valence-corrected chi connectivity index (χ3v) is 5.84. The molecule has 21 heavy (non-hydrogen) atoms. The minimum atomic E-state index is -3.22. The molecule has 1 aromatic carbocycles. The summed E-state index contributed by atoms with van der Waals surface area (Å²) in [5.74, 6) is 0.170. The molecule has 1 fully saturated rings. The van der Waals surface area contributed by atoms with Gasteiger partial charge in [0.25, 0.3) is 0 Å². The van der Waals surface area contributed by atoms with Crippen molar-refractivity contribution in [2.75, 3.05) is 39.0 Å². The first-order chi connectivity index (χ1) is 9.92. The third-order valence-electron chi connectivity index (χ3n) is 4.13. The molecule has 2 rings (SSSR count). The maximum atomic E-state index is 12.4. The van der Waals surface area contributed by atoms with Gasteiger partial charge in [-0.1, -0.05) is 12.1 Å². The highest BCUT2D eigenvalue weighted by molar-refractivity contribution is 7.91. The van der Waals surface area contributed by atoms with Crippen LogP contribution in [0.1, 0.15) is 12.5 Å². The van der Waals surface area contributed by atoms with Crippen molar-refractivity contribution in [1.82, 2.24) is 9.80 Å². The van der Waals surface area contributed by atoms with Gasteiger partial charge < -0.3 is 10.6 Å². The number of nitrogens with zero attached hydrogens (tertiary/aromatic N) is 2. The standard InChI is InChI=1S/C15H25N3O2S/c1-13-12-17(2)7-8-18(13)9-10-21(19,20)15-5-3-14(11-16)4-6-15/h3-6,13H,7-12,16H2,1-2H3. The van der Waals surface area contributed by atoms with Crippen LogP contribution in [-0.4, -0.2) is 63.2 Å². The lowest BCUT2D eigenvalue weighted by Gasteiger charge is -2.38. The van der Waals surface area contributed by atoms with E-state index in [1.807, 2.05) is 0 Å². The van der Waals surface area contributed by atoms with Gasteiger partial charge in [-0.2, -0.15) is 0 Å². The second-order valence-electron chi connectivity index (χ2n) is 5.81. The first-order valence-electron chi connectivity index (χ1n) is 7.37. The second-order valence-corrected chi connectivity index (χ2v) is 7.92. The SMILES string of the molecule is CC1CN(C)CCN1CCS(=O)(=O)c1ccc(CN)cc1. The van der Waals surface area contributed by atoms with E-state index in [9.17, 15) is 8.42 Å². The van der Waals surface area contributed by atoms with Crippen molar-refractivity contribution >= 4 is 9.84 Å². The molecule has 0 bridgehead atoms. The van der Waals surface area contributed by atoms with Crippen LogP contribution in [0.25, 0.3) is 0 Å². The summed E-state index contributed by atoms with van der Waals surface area (Å²) < 4.78 is 24.8. The van der Waals surface area contributed by atoms with Crippen molar-refractivity contribution in [3.8, 4) is 0 Å². The fourth-order valence-corrected chi connectivity index (χ4v) is 3.96. The monoisotopic (exact) mass is 311 g/mol. The van der Waals surface area contributed by atoms with E-state index in [-0.39, 0.29) is 5.75 Å². The van der Waals surface area contributed by atoms with Crippen molar-refractivity contribution in [3.05, 3.63) is 29.8 Å². The van der Waals surface area contributed by atoms with Crippen LogP contribution in [0.2, 0.25) is 0 Å². The molecule has 1 heterocycles. The molecule has 0 amide bonds. The number of hydrogen-bond donors (Lipinski definition) is 1. The van der Waals surface area contributed by atoms with E-state index in [4.69, 9.17) is 5.73 Å². The number of nitrogens with two attached hydrogens (primary N) is 1. The molecule has 0 aliphatic carbocycles. The third kappa shape index (κ3) is 4.26. The van der Waals surface area contributed by atoms with Gasteiger partial charge in [0, 0.05) is 38.8 Å². The fourth-order valence-electron chi connectivity index (χ4n) is 2.70. The first kappa shape index (κ1) is 16.4. The predicted octanol–water partition coefficient (Wildman–Crippen LogP) is 0.555. The van der Waals surface area contributed by atoms with Crippen LogP contribution in [0.5, 0.6) is 0 Å². The van der Waals surface area contributed by atoms with Crippen LogP contribution < -0.4 is 5.73 Å². The van der Waals surface area contributed by atoms with E-state index in [0.29, 0.717) is 24.0 Å². The lowest BCUT2D eigenvalue weighted by molar-refractivity contribution is 0.106. The van der Waals surface area contributed by atoms with E-state index >= 15 is 0 Å². The van der Waals surface area contributed by atoms with Gasteiger partial charge in [0.05, 0.1) is 10.6 Å². The van der Waals surface area contributed by atoms with Crippen LogP contribution in [0.15, 0.2) is 29.2 Å². The van der Waals surface area contributed by atoms with E-state index in [0.717, 1.165) is 25.2 Å². The number of sulfone groups is 1. The summed E-state index contributed by atoms with van der Waals surface area (Å²) in [6, 6.07) is 7.28. The van der Waals surface area contributed by atoms with Crippen LogP contribution >= 0.6 is 0 Å². The number of benzene rings is 1. The average molecular weight is 311 g/mol. The molecule has 1 saturated heterocycles. The van der Waals surface area contributed by atoms with Gasteiger partial charge in [0.15, 0.2) is 9.84 Å². The summed E-state index contributed by atoms with van der Waals surface area (Å²) in [4.78, 5) is 4.92. The Morgan fingerprint density at radius 1 is 1.24 bits per heavy atom. The number of piperazine rings is 1. The molecular formula is C15H25N3O2S. The quantitative estimate of drug-likeness (QED) is 0.860. The van der Waals surface area contributed by atoms with E-state index in [1.54, 1.807) is 24.3 Å². The van der Waals surface area contributed by atoms with Gasteiger partial charge >= 0.3 is 0 Å². The molecule has 0 aromatic heterocycles. The molecule has 0 radical (unpaired) electrons. The molecule has 6 heteroatoms. The van der Waals surface area contributed by atoms with Gasteiger partial charge in [0.2, 0.25) is 0 Å². The van der Waals surface area contributed by atoms with Crippen molar-refractivity contribution in [1.29, 1.82) is 0 Å². The average Bonchev–Trinajstić information content (AvgIpc) is 2.46. The number of rotatable bonds is 5. The zero-order valence-electron chi connectivity index (χ0n) is 12.8. The van der Waals surface area contributed by atoms with E-state index in [1.165, 1.54) is 0 Å². The normalized spacial score (nSPS) is 21.6. The minimum Gasteiger partial charge on any atom is -0.326 e. The maximum absolute atomic E-state index is 12.4. The molecule has 1 aliphatic heterocycles. The molecule has 0 saturated carbocycles. The second kappa shape index (κ2) is 6.87. The Hall–Kier alpha value is -0.950. The molecule has 1 unspecified atom stereocenters. The minimum absolute atomic E-state index is 0.170. The van der Waals surface area contributed by atoms with Crippen molar-refractivity contribution in [3.63, 3.8) is 0 Å². The summed E-state index contributed by atoms with van der Waals surface area (Å²) in [5.41, 5.74) is 6.48. The molecule has 2 N–H and O–H groups in total. The first-order valence-corrected chi connectivity index (χ1v) is 9.02. The lowest BCUT2D eigenvalue weighted by atomic mass is 10.2. The molecule has 5 nitrogen and oxygen atoms in total. The molecule has 1 atom stereocenters. The highest BCUT2D eigenvalue weighted by atomic mass is 32.2. The predicted molar refractivity (Wildman–Crippen MR) is 84.9 cm³/mol. The topological polar surface area (TPSA) is 66.6 Å². The highest BCUT2D eigenvalue weighted by Gasteiger charge is 2.23. The van der Waals surface area contributed by atoms with Crippen molar-refractivity contribution < 1.29 is 8.42 Å². The molecule has 118 valence electrons. The zero-order chi connectivity index (χ0) is 15.5. The van der Waals surface area contributed by atoms with Gasteiger partial charge in [-0.3, -0.25) is 4.90 Å². The van der Waals surface area contributed by atoms with Crippen LogP contribution in [0, 0.1) is 0 Å². The largest absolute Gasteiger partial charge is 0.326 e. The maximum Gasteiger partial charge on any atom is 0.179 e. The zero-order valence-corrected chi connectivity index (χ0v) is 13.6.